The van der Waals surface area contributed by atoms with Crippen LogP contribution in [-0.4, -0.2) is 23.2 Å². The molecule has 2 N–H and O–H groups in total. The van der Waals surface area contributed by atoms with Crippen molar-refractivity contribution in [3.05, 3.63) is 35.6 Å². The van der Waals surface area contributed by atoms with Crippen LogP contribution in [-0.2, 0) is 4.79 Å². The maximum atomic E-state index is 13.2. The average molecular weight is 295 g/mol. The zero-order valence-corrected chi connectivity index (χ0v) is 13.3. The Labute approximate surface area is 126 Å². The number of carbonyl (C=O) groups is 1. The predicted octanol–water partition coefficient (Wildman–Crippen LogP) is 3.23. The fraction of sp³-hybridized carbons (Fsp3) is 0.588. The number of hydrogen-bond donors (Lipinski definition) is 2. The van der Waals surface area contributed by atoms with Gasteiger partial charge in [0, 0.05) is 6.54 Å². The van der Waals surface area contributed by atoms with E-state index in [1.807, 2.05) is 0 Å². The minimum absolute atomic E-state index is 0.203. The first-order valence-electron chi connectivity index (χ1n) is 7.47. The van der Waals surface area contributed by atoms with Crippen LogP contribution in [0.1, 0.15) is 52.0 Å². The quantitative estimate of drug-likeness (QED) is 0.811. The molecule has 1 aromatic carbocycles. The highest BCUT2D eigenvalue weighted by molar-refractivity contribution is 5.83. The van der Waals surface area contributed by atoms with Crippen LogP contribution < -0.4 is 5.32 Å². The molecular formula is C17H26FNO2. The normalized spacial score (nSPS) is 15.6. The molecule has 0 aromatic heterocycles. The average Bonchev–Trinajstić information content (AvgIpc) is 2.42. The van der Waals surface area contributed by atoms with E-state index in [2.05, 4.69) is 19.2 Å². The van der Waals surface area contributed by atoms with Crippen molar-refractivity contribution in [1.29, 1.82) is 0 Å². The van der Waals surface area contributed by atoms with Gasteiger partial charge in [0.15, 0.2) is 0 Å². The van der Waals surface area contributed by atoms with Gasteiger partial charge >= 0.3 is 0 Å². The van der Waals surface area contributed by atoms with E-state index >= 15 is 0 Å². The molecule has 0 fully saturated rings. The third kappa shape index (κ3) is 6.25. The van der Waals surface area contributed by atoms with Crippen molar-refractivity contribution < 1.29 is 14.3 Å². The first-order valence-corrected chi connectivity index (χ1v) is 7.47. The second-order valence-electron chi connectivity index (χ2n) is 6.42. The Bertz CT molecular complexity index is 472. The molecule has 0 radical (unpaired) electrons. The number of benzene rings is 1. The summed E-state index contributed by atoms with van der Waals surface area (Å²) in [4.78, 5) is 12.1. The molecule has 3 nitrogen and oxygen atoms in total. The fourth-order valence-corrected chi connectivity index (χ4v) is 2.05. The Balaban J connectivity index is 2.53. The van der Waals surface area contributed by atoms with Gasteiger partial charge in [-0.3, -0.25) is 4.79 Å². The summed E-state index contributed by atoms with van der Waals surface area (Å²) >= 11 is 0. The largest absolute Gasteiger partial charge is 0.388 e. The van der Waals surface area contributed by atoms with Gasteiger partial charge < -0.3 is 10.4 Å². The molecule has 0 saturated carbocycles. The summed E-state index contributed by atoms with van der Waals surface area (Å²) in [5.74, 6) is -0.485. The van der Waals surface area contributed by atoms with Gasteiger partial charge in [0.1, 0.15) is 5.82 Å². The monoisotopic (exact) mass is 295 g/mol. The van der Waals surface area contributed by atoms with Gasteiger partial charge in [0.2, 0.25) is 5.91 Å². The van der Waals surface area contributed by atoms with Crippen molar-refractivity contribution in [3.8, 4) is 0 Å². The van der Waals surface area contributed by atoms with Crippen LogP contribution in [0.2, 0.25) is 0 Å². The lowest BCUT2D eigenvalue weighted by Gasteiger charge is -2.25. The summed E-state index contributed by atoms with van der Waals surface area (Å²) in [6, 6.07) is 6.03. The number of aliphatic hydroxyl groups is 1. The topological polar surface area (TPSA) is 49.3 Å². The van der Waals surface area contributed by atoms with E-state index < -0.39 is 11.5 Å². The molecule has 0 aliphatic rings. The van der Waals surface area contributed by atoms with Crippen LogP contribution in [0.5, 0.6) is 0 Å². The molecule has 0 aliphatic heterocycles. The van der Waals surface area contributed by atoms with E-state index in [0.29, 0.717) is 17.9 Å². The molecule has 2 atom stereocenters. The summed E-state index contributed by atoms with van der Waals surface area (Å²) in [6.45, 7) is 7.86. The lowest BCUT2D eigenvalue weighted by Crippen LogP contribution is -2.42. The number of halogens is 1. The second kappa shape index (κ2) is 7.55. The lowest BCUT2D eigenvalue weighted by atomic mass is 9.94. The van der Waals surface area contributed by atoms with Crippen LogP contribution in [0, 0.1) is 11.7 Å². The van der Waals surface area contributed by atoms with Gasteiger partial charge in [-0.1, -0.05) is 26.0 Å². The van der Waals surface area contributed by atoms with Crippen molar-refractivity contribution in [2.45, 2.75) is 52.1 Å². The van der Waals surface area contributed by atoms with Gasteiger partial charge in [-0.2, -0.15) is 0 Å². The van der Waals surface area contributed by atoms with Crippen molar-refractivity contribution in [1.82, 2.24) is 5.32 Å². The molecule has 2 unspecified atom stereocenters. The predicted molar refractivity (Wildman–Crippen MR) is 82.5 cm³/mol. The van der Waals surface area contributed by atoms with Crippen molar-refractivity contribution in [3.63, 3.8) is 0 Å². The van der Waals surface area contributed by atoms with Gasteiger partial charge in [0.05, 0.1) is 11.5 Å². The van der Waals surface area contributed by atoms with Crippen LogP contribution >= 0.6 is 0 Å². The SMILES string of the molecule is CC(C)CCC(C)(O)CNC(=O)C(C)c1cccc(F)c1. The highest BCUT2D eigenvalue weighted by atomic mass is 19.1. The van der Waals surface area contributed by atoms with Crippen LogP contribution in [0.25, 0.3) is 0 Å². The minimum atomic E-state index is -0.915. The zero-order valence-electron chi connectivity index (χ0n) is 13.3. The smallest absolute Gasteiger partial charge is 0.227 e. The summed E-state index contributed by atoms with van der Waals surface area (Å²) in [5.41, 5.74) is -0.281. The molecular weight excluding hydrogens is 269 g/mol. The van der Waals surface area contributed by atoms with Gasteiger partial charge in [0.25, 0.3) is 0 Å². The number of carbonyl (C=O) groups excluding carboxylic acids is 1. The van der Waals surface area contributed by atoms with E-state index in [4.69, 9.17) is 0 Å². The van der Waals surface area contributed by atoms with Gasteiger partial charge in [-0.05, 0) is 50.3 Å². The van der Waals surface area contributed by atoms with Crippen molar-refractivity contribution in [2.24, 2.45) is 5.92 Å². The first kappa shape index (κ1) is 17.6. The Morgan fingerprint density at radius 1 is 1.38 bits per heavy atom. The number of amides is 1. The summed E-state index contributed by atoms with van der Waals surface area (Å²) in [7, 11) is 0. The van der Waals surface area contributed by atoms with Crippen LogP contribution in [0.15, 0.2) is 24.3 Å². The molecule has 4 heteroatoms. The molecule has 1 aromatic rings. The van der Waals surface area contributed by atoms with E-state index in [1.165, 1.54) is 12.1 Å². The van der Waals surface area contributed by atoms with Crippen LogP contribution in [0.4, 0.5) is 4.39 Å². The maximum Gasteiger partial charge on any atom is 0.227 e. The Morgan fingerprint density at radius 2 is 2.05 bits per heavy atom. The third-order valence-electron chi connectivity index (χ3n) is 3.65. The van der Waals surface area contributed by atoms with Crippen molar-refractivity contribution >= 4 is 5.91 Å². The summed E-state index contributed by atoms with van der Waals surface area (Å²) in [6.07, 6.45) is 1.54. The van der Waals surface area contributed by atoms with Gasteiger partial charge in [-0.15, -0.1) is 0 Å². The van der Waals surface area contributed by atoms with E-state index in [1.54, 1.807) is 26.0 Å². The van der Waals surface area contributed by atoms with E-state index in [-0.39, 0.29) is 18.3 Å². The third-order valence-corrected chi connectivity index (χ3v) is 3.65. The molecule has 0 aliphatic carbocycles. The zero-order chi connectivity index (χ0) is 16.0. The fourth-order valence-electron chi connectivity index (χ4n) is 2.05. The standard InChI is InChI=1S/C17H26FNO2/c1-12(2)8-9-17(4,21)11-19-16(20)13(3)14-6-5-7-15(18)10-14/h5-7,10,12-13,21H,8-9,11H2,1-4H3,(H,19,20). The maximum absolute atomic E-state index is 13.2. The highest BCUT2D eigenvalue weighted by Crippen LogP contribution is 2.18. The molecule has 1 rings (SSSR count). The van der Waals surface area contributed by atoms with E-state index in [0.717, 1.165) is 6.42 Å². The Hall–Kier alpha value is -1.42. The molecule has 1 amide bonds. The van der Waals surface area contributed by atoms with E-state index in [9.17, 15) is 14.3 Å². The second-order valence-corrected chi connectivity index (χ2v) is 6.42. The highest BCUT2D eigenvalue weighted by Gasteiger charge is 2.23. The Morgan fingerprint density at radius 3 is 2.62 bits per heavy atom. The summed E-state index contributed by atoms with van der Waals surface area (Å²) in [5, 5.41) is 13.0. The molecule has 0 heterocycles. The molecule has 0 saturated heterocycles. The van der Waals surface area contributed by atoms with Crippen LogP contribution in [0.3, 0.4) is 0 Å². The van der Waals surface area contributed by atoms with Gasteiger partial charge in [-0.25, -0.2) is 4.39 Å². The number of hydrogen-bond acceptors (Lipinski definition) is 2. The molecule has 21 heavy (non-hydrogen) atoms. The molecule has 118 valence electrons. The molecule has 0 spiro atoms. The lowest BCUT2D eigenvalue weighted by molar-refractivity contribution is -0.123. The Kier molecular flexibility index (Phi) is 6.34. The first-order chi connectivity index (χ1) is 9.71. The van der Waals surface area contributed by atoms with Crippen molar-refractivity contribution in [2.75, 3.05) is 6.54 Å². The summed E-state index contributed by atoms with van der Waals surface area (Å²) < 4.78 is 13.2. The molecule has 0 bridgehead atoms. The number of rotatable bonds is 7. The number of nitrogens with one attached hydrogen (secondary N) is 1. The minimum Gasteiger partial charge on any atom is -0.388 e.